The Kier molecular flexibility index (Phi) is 4.10. The standard InChI is InChI=1S/CH3BCl2O2/c3-1(4)6-2-5/h1-2,5H. The quantitative estimate of drug-likeness (QED) is 0.420. The Morgan fingerprint density at radius 2 is 2.17 bits per heavy atom. The highest BCUT2D eigenvalue weighted by Gasteiger charge is 1.93. The van der Waals surface area contributed by atoms with Crippen molar-refractivity contribution in [3.63, 3.8) is 0 Å². The maximum atomic E-state index is 7.85. The predicted octanol–water partition coefficient (Wildman–Crippen LogP) is 0.0230. The highest BCUT2D eigenvalue weighted by molar-refractivity contribution is 6.44. The second kappa shape index (κ2) is 3.74. The summed E-state index contributed by atoms with van der Waals surface area (Å²) in [5.41, 5.74) is 0. The number of rotatable bonds is 2. The fourth-order valence-electron chi connectivity index (χ4n) is 0.0563. The predicted molar refractivity (Wildman–Crippen MR) is 25.9 cm³/mol. The van der Waals surface area contributed by atoms with Crippen molar-refractivity contribution in [1.82, 2.24) is 0 Å². The highest BCUT2D eigenvalue weighted by Crippen LogP contribution is 1.99. The van der Waals surface area contributed by atoms with Gasteiger partial charge in [0.15, 0.2) is 5.02 Å². The number of alkyl halides is 2. The molecule has 0 aliphatic rings. The van der Waals surface area contributed by atoms with Gasteiger partial charge in [0.1, 0.15) is 0 Å². The van der Waals surface area contributed by atoms with Crippen molar-refractivity contribution in [1.29, 1.82) is 0 Å². The summed E-state index contributed by atoms with van der Waals surface area (Å²) >= 11 is 9.92. The Hall–Kier alpha value is 0.565. The Bertz CT molecular complexity index is 32.7. The van der Waals surface area contributed by atoms with Crippen molar-refractivity contribution in [3.8, 4) is 0 Å². The van der Waals surface area contributed by atoms with Crippen LogP contribution in [-0.4, -0.2) is 17.7 Å². The topological polar surface area (TPSA) is 29.5 Å². The maximum absolute atomic E-state index is 7.85. The van der Waals surface area contributed by atoms with Crippen molar-refractivity contribution in [2.75, 3.05) is 0 Å². The molecule has 0 fully saturated rings. The van der Waals surface area contributed by atoms with Crippen LogP contribution in [0.3, 0.4) is 0 Å². The van der Waals surface area contributed by atoms with Crippen LogP contribution in [0.15, 0.2) is 0 Å². The number of halogens is 2. The van der Waals surface area contributed by atoms with E-state index in [1.165, 1.54) is 0 Å². The SMILES string of the molecule is OBOC(Cl)Cl. The molecular formula is CH3BCl2O2. The van der Waals surface area contributed by atoms with Gasteiger partial charge in [0.05, 0.1) is 0 Å². The van der Waals surface area contributed by atoms with Gasteiger partial charge in [-0.05, 0) is 0 Å². The van der Waals surface area contributed by atoms with E-state index in [-0.39, 0.29) is 0 Å². The van der Waals surface area contributed by atoms with E-state index < -0.39 is 12.7 Å². The normalized spacial score (nSPS) is 9.33. The van der Waals surface area contributed by atoms with Crippen LogP contribution in [-0.2, 0) is 4.65 Å². The maximum Gasteiger partial charge on any atom is 0.437 e. The molecule has 5 heteroatoms. The minimum atomic E-state index is -0.907. The summed E-state index contributed by atoms with van der Waals surface area (Å²) in [5.74, 6) is 0. The molecule has 0 aliphatic carbocycles. The minimum Gasteiger partial charge on any atom is -0.430 e. The molecule has 0 aromatic rings. The van der Waals surface area contributed by atoms with Crippen LogP contribution in [0.2, 0.25) is 0 Å². The van der Waals surface area contributed by atoms with Crippen LogP contribution < -0.4 is 0 Å². The summed E-state index contributed by atoms with van der Waals surface area (Å²) < 4.78 is 4.13. The molecule has 0 aliphatic heterocycles. The summed E-state index contributed by atoms with van der Waals surface area (Å²) in [4.78, 5) is 0. The van der Waals surface area contributed by atoms with Crippen LogP contribution in [0.25, 0.3) is 0 Å². The van der Waals surface area contributed by atoms with Crippen LogP contribution >= 0.6 is 23.2 Å². The van der Waals surface area contributed by atoms with Crippen LogP contribution in [0.5, 0.6) is 0 Å². The van der Waals surface area contributed by atoms with E-state index in [1.807, 2.05) is 0 Å². The molecule has 0 aromatic carbocycles. The molecule has 0 rings (SSSR count). The lowest BCUT2D eigenvalue weighted by atomic mass is 10.4. The summed E-state index contributed by atoms with van der Waals surface area (Å²) in [5, 5.41) is 6.94. The van der Waals surface area contributed by atoms with E-state index >= 15 is 0 Å². The first kappa shape index (κ1) is 6.56. The number of hydrogen-bond donors (Lipinski definition) is 1. The molecule has 6 heavy (non-hydrogen) atoms. The average molecular weight is 129 g/mol. The zero-order valence-corrected chi connectivity index (χ0v) is 4.41. The van der Waals surface area contributed by atoms with Gasteiger partial charge in [0.2, 0.25) is 0 Å². The van der Waals surface area contributed by atoms with E-state index in [0.717, 1.165) is 0 Å². The molecule has 0 radical (unpaired) electrons. The van der Waals surface area contributed by atoms with Gasteiger partial charge in [-0.2, -0.15) is 0 Å². The van der Waals surface area contributed by atoms with E-state index in [0.29, 0.717) is 0 Å². The molecule has 36 valence electrons. The largest absolute Gasteiger partial charge is 0.437 e. The van der Waals surface area contributed by atoms with Crippen molar-refractivity contribution < 1.29 is 9.68 Å². The first-order valence-corrected chi connectivity index (χ1v) is 2.15. The lowest BCUT2D eigenvalue weighted by molar-refractivity contribution is 0.313. The van der Waals surface area contributed by atoms with Gasteiger partial charge in [-0.3, -0.25) is 0 Å². The third-order valence-electron chi connectivity index (χ3n) is 0.201. The van der Waals surface area contributed by atoms with Gasteiger partial charge in [-0.25, -0.2) is 0 Å². The van der Waals surface area contributed by atoms with Gasteiger partial charge in [-0.1, -0.05) is 23.2 Å². The zero-order valence-electron chi connectivity index (χ0n) is 2.90. The second-order valence-electron chi connectivity index (χ2n) is 0.556. The Morgan fingerprint density at radius 1 is 1.67 bits per heavy atom. The first-order chi connectivity index (χ1) is 2.77. The molecular weight excluding hydrogens is 126 g/mol. The fourth-order valence-corrected chi connectivity index (χ4v) is 0.169. The molecule has 0 spiro atoms. The highest BCUT2D eigenvalue weighted by atomic mass is 35.5. The first-order valence-electron chi connectivity index (χ1n) is 1.28. The second-order valence-corrected chi connectivity index (χ2v) is 1.57. The molecule has 0 bridgehead atoms. The lowest BCUT2D eigenvalue weighted by Gasteiger charge is -1.93. The lowest BCUT2D eigenvalue weighted by Crippen LogP contribution is -2.00. The number of hydrogen-bond acceptors (Lipinski definition) is 2. The summed E-state index contributed by atoms with van der Waals surface area (Å²) in [6, 6.07) is 0. The van der Waals surface area contributed by atoms with Crippen LogP contribution in [0.4, 0.5) is 0 Å². The third-order valence-corrected chi connectivity index (χ3v) is 0.453. The molecule has 0 aromatic heterocycles. The van der Waals surface area contributed by atoms with Crippen molar-refractivity contribution in [3.05, 3.63) is 0 Å². The monoisotopic (exact) mass is 128 g/mol. The average Bonchev–Trinajstić information content (AvgIpc) is 1.35. The van der Waals surface area contributed by atoms with Crippen molar-refractivity contribution >= 4 is 30.9 Å². The van der Waals surface area contributed by atoms with Gasteiger partial charge < -0.3 is 9.68 Å². The smallest absolute Gasteiger partial charge is 0.430 e. The van der Waals surface area contributed by atoms with Crippen LogP contribution in [0.1, 0.15) is 0 Å². The molecule has 0 atom stereocenters. The molecule has 0 unspecified atom stereocenters. The molecule has 2 nitrogen and oxygen atoms in total. The Morgan fingerprint density at radius 3 is 2.17 bits per heavy atom. The fraction of sp³-hybridized carbons (Fsp3) is 1.00. The van der Waals surface area contributed by atoms with E-state index in [1.54, 1.807) is 0 Å². The summed E-state index contributed by atoms with van der Waals surface area (Å²) in [6.07, 6.45) is 0. The van der Waals surface area contributed by atoms with E-state index in [4.69, 9.17) is 28.2 Å². The summed E-state index contributed by atoms with van der Waals surface area (Å²) in [6.45, 7) is 0. The van der Waals surface area contributed by atoms with E-state index in [2.05, 4.69) is 4.65 Å². The Labute approximate surface area is 46.3 Å². The molecule has 0 saturated heterocycles. The summed E-state index contributed by atoms with van der Waals surface area (Å²) in [7, 11) is -0.433. The van der Waals surface area contributed by atoms with Gasteiger partial charge >= 0.3 is 7.69 Å². The third kappa shape index (κ3) is 4.56. The molecule has 1 N–H and O–H groups in total. The molecule has 0 saturated carbocycles. The minimum absolute atomic E-state index is 0.433. The van der Waals surface area contributed by atoms with Gasteiger partial charge in [-0.15, -0.1) is 0 Å². The van der Waals surface area contributed by atoms with E-state index in [9.17, 15) is 0 Å². The molecule has 0 amide bonds. The van der Waals surface area contributed by atoms with Crippen molar-refractivity contribution in [2.45, 2.75) is 5.02 Å². The Balaban J connectivity index is 2.63. The van der Waals surface area contributed by atoms with Gasteiger partial charge in [0, 0.05) is 0 Å². The molecule has 0 heterocycles. The van der Waals surface area contributed by atoms with Crippen LogP contribution in [0, 0.1) is 0 Å². The van der Waals surface area contributed by atoms with Crippen molar-refractivity contribution in [2.24, 2.45) is 0 Å². The van der Waals surface area contributed by atoms with Gasteiger partial charge in [0.25, 0.3) is 0 Å². The zero-order chi connectivity index (χ0) is 4.99.